The fourth-order valence-corrected chi connectivity index (χ4v) is 4.87. The van der Waals surface area contributed by atoms with Gasteiger partial charge in [-0.3, -0.25) is 14.6 Å². The molecule has 0 bridgehead atoms. The third-order valence-corrected chi connectivity index (χ3v) is 6.60. The number of hydrogen-bond donors (Lipinski definition) is 1. The number of anilines is 1. The van der Waals surface area contributed by atoms with Gasteiger partial charge in [0, 0.05) is 22.8 Å². The van der Waals surface area contributed by atoms with Gasteiger partial charge in [0.25, 0.3) is 6.17 Å². The highest BCUT2D eigenvalue weighted by molar-refractivity contribution is 7.99. The van der Waals surface area contributed by atoms with E-state index < -0.39 is 6.17 Å². The van der Waals surface area contributed by atoms with Crippen molar-refractivity contribution >= 4 is 34.1 Å². The van der Waals surface area contributed by atoms with Crippen molar-refractivity contribution < 1.29 is 9.48 Å². The summed E-state index contributed by atoms with van der Waals surface area (Å²) in [5, 5.41) is 7.45. The smallest absolute Gasteiger partial charge is 0.291 e. The minimum Gasteiger partial charge on any atom is -0.291 e. The van der Waals surface area contributed by atoms with E-state index in [1.54, 1.807) is 15.7 Å². The van der Waals surface area contributed by atoms with Crippen molar-refractivity contribution in [2.45, 2.75) is 24.7 Å². The van der Waals surface area contributed by atoms with Crippen LogP contribution in [0.3, 0.4) is 0 Å². The Morgan fingerprint density at radius 2 is 1.91 bits per heavy atom. The third-order valence-electron chi connectivity index (χ3n) is 5.74. The zero-order valence-corrected chi connectivity index (χ0v) is 19.0. The number of para-hydroxylation sites is 1. The number of nitrogens with one attached hydrogen (secondary N) is 1. The van der Waals surface area contributed by atoms with E-state index in [-0.39, 0.29) is 11.5 Å². The van der Waals surface area contributed by atoms with Crippen LogP contribution < -0.4 is 15.1 Å². The summed E-state index contributed by atoms with van der Waals surface area (Å²) in [5.41, 5.74) is 2.48. The van der Waals surface area contributed by atoms with Gasteiger partial charge in [0.15, 0.2) is 0 Å². The summed E-state index contributed by atoms with van der Waals surface area (Å²) in [7, 11) is 0. The molecule has 164 valence electrons. The number of aromatic amines is 1. The van der Waals surface area contributed by atoms with E-state index in [2.05, 4.69) is 23.7 Å². The van der Waals surface area contributed by atoms with Gasteiger partial charge in [-0.1, -0.05) is 67.2 Å². The number of thioether (sulfide) groups is 1. The maximum atomic E-state index is 13.3. The van der Waals surface area contributed by atoms with Crippen LogP contribution in [0.15, 0.2) is 89.3 Å². The minimum absolute atomic E-state index is 0.0406. The molecule has 5 rings (SSSR count). The summed E-state index contributed by atoms with van der Waals surface area (Å²) >= 11 is 1.39. The topological polar surface area (TPSA) is 69.9 Å². The van der Waals surface area contributed by atoms with Crippen LogP contribution in [0, 0.1) is 0 Å². The molecule has 0 fully saturated rings. The molecule has 7 heteroatoms. The molecule has 1 atom stereocenters. The number of amides is 1. The first kappa shape index (κ1) is 21.2. The van der Waals surface area contributed by atoms with Gasteiger partial charge in [-0.25, -0.2) is 4.90 Å². The van der Waals surface area contributed by atoms with Crippen LogP contribution >= 0.6 is 11.8 Å². The molecule has 1 amide bonds. The van der Waals surface area contributed by atoms with Crippen LogP contribution in [0.4, 0.5) is 5.69 Å². The number of fused-ring (bicyclic) bond motifs is 4. The number of carbonyl (C=O) groups is 1. The number of H-pyrrole nitrogens is 1. The number of nitrogens with zero attached hydrogens (tertiary/aromatic N) is 3. The first-order valence-corrected chi connectivity index (χ1v) is 11.8. The van der Waals surface area contributed by atoms with E-state index >= 15 is 0 Å². The van der Waals surface area contributed by atoms with Crippen LogP contribution in [-0.4, -0.2) is 21.7 Å². The molecule has 0 unspecified atom stereocenters. The lowest BCUT2D eigenvalue weighted by atomic mass is 9.99. The number of benzene rings is 3. The van der Waals surface area contributed by atoms with E-state index in [1.165, 1.54) is 11.8 Å². The SMILES string of the molecule is C=CCSc1n[n+]2c(c(=O)[nH]1)-c1ccccc1N(C(=O)CC)[C@H]2c1ccc2ccccc2c1. The maximum absolute atomic E-state index is 13.3. The molecular weight excluding hydrogens is 432 g/mol. The molecule has 0 aliphatic carbocycles. The lowest BCUT2D eigenvalue weighted by Gasteiger charge is -2.32. The Kier molecular flexibility index (Phi) is 5.56. The molecule has 0 spiro atoms. The van der Waals surface area contributed by atoms with Gasteiger partial charge in [-0.15, -0.1) is 6.58 Å². The van der Waals surface area contributed by atoms with Gasteiger partial charge in [0.2, 0.25) is 11.1 Å². The first-order valence-electron chi connectivity index (χ1n) is 10.8. The molecule has 0 saturated carbocycles. The summed E-state index contributed by atoms with van der Waals surface area (Å²) < 4.78 is 1.70. The Balaban J connectivity index is 1.82. The summed E-state index contributed by atoms with van der Waals surface area (Å²) in [6, 6.07) is 21.7. The molecule has 1 N–H and O–H groups in total. The fraction of sp³-hybridized carbons (Fsp3) is 0.154. The molecular formula is C26H23N4O2S+. The van der Waals surface area contributed by atoms with Crippen LogP contribution in [0.5, 0.6) is 0 Å². The first-order chi connectivity index (χ1) is 16.1. The second-order valence-electron chi connectivity index (χ2n) is 7.77. The van der Waals surface area contributed by atoms with Crippen molar-refractivity contribution in [2.24, 2.45) is 0 Å². The highest BCUT2D eigenvalue weighted by atomic mass is 32.2. The van der Waals surface area contributed by atoms with E-state index in [4.69, 9.17) is 5.10 Å². The van der Waals surface area contributed by atoms with E-state index in [1.807, 2.05) is 61.5 Å². The predicted molar refractivity (Wildman–Crippen MR) is 131 cm³/mol. The largest absolute Gasteiger partial charge is 0.325 e. The number of rotatable bonds is 5. The summed E-state index contributed by atoms with van der Waals surface area (Å²) in [5.74, 6) is 0.568. The summed E-state index contributed by atoms with van der Waals surface area (Å²) in [6.07, 6.45) is 1.50. The lowest BCUT2D eigenvalue weighted by Crippen LogP contribution is -2.60. The third kappa shape index (κ3) is 3.64. The molecule has 33 heavy (non-hydrogen) atoms. The quantitative estimate of drug-likeness (QED) is 0.274. The molecule has 1 aliphatic rings. The minimum atomic E-state index is -0.586. The number of carbonyl (C=O) groups excluding carboxylic acids is 1. The molecule has 3 aromatic carbocycles. The van der Waals surface area contributed by atoms with Gasteiger partial charge in [0.1, 0.15) is 0 Å². The van der Waals surface area contributed by atoms with Gasteiger partial charge < -0.3 is 0 Å². The van der Waals surface area contributed by atoms with E-state index in [0.29, 0.717) is 34.3 Å². The van der Waals surface area contributed by atoms with Crippen molar-refractivity contribution in [1.29, 1.82) is 0 Å². The van der Waals surface area contributed by atoms with Gasteiger partial charge in [0.05, 0.1) is 11.3 Å². The Bertz CT molecular complexity index is 1450. The molecule has 1 aromatic heterocycles. The second-order valence-corrected chi connectivity index (χ2v) is 8.78. The second kappa shape index (κ2) is 8.67. The molecule has 0 saturated heterocycles. The van der Waals surface area contributed by atoms with Crippen LogP contribution in [0.2, 0.25) is 0 Å². The van der Waals surface area contributed by atoms with E-state index in [0.717, 1.165) is 16.3 Å². The molecule has 2 heterocycles. The Morgan fingerprint density at radius 1 is 1.15 bits per heavy atom. The van der Waals surface area contributed by atoms with Gasteiger partial charge in [-0.2, -0.15) is 0 Å². The number of aromatic nitrogens is 3. The highest BCUT2D eigenvalue weighted by Crippen LogP contribution is 2.38. The average molecular weight is 456 g/mol. The van der Waals surface area contributed by atoms with Crippen molar-refractivity contribution in [3.8, 4) is 11.3 Å². The molecule has 0 radical (unpaired) electrons. The number of hydrogen-bond acceptors (Lipinski definition) is 4. The van der Waals surface area contributed by atoms with Crippen molar-refractivity contribution in [3.63, 3.8) is 0 Å². The van der Waals surface area contributed by atoms with Crippen molar-refractivity contribution in [2.75, 3.05) is 10.7 Å². The Morgan fingerprint density at radius 3 is 2.70 bits per heavy atom. The van der Waals surface area contributed by atoms with Crippen molar-refractivity contribution in [3.05, 3.63) is 95.3 Å². The Labute approximate surface area is 195 Å². The van der Waals surface area contributed by atoms with Crippen LogP contribution in [-0.2, 0) is 4.79 Å². The lowest BCUT2D eigenvalue weighted by molar-refractivity contribution is -0.763. The Hall–Kier alpha value is -3.71. The molecule has 4 aromatic rings. The predicted octanol–water partition coefficient (Wildman–Crippen LogP) is 4.46. The zero-order chi connectivity index (χ0) is 22.9. The molecule has 1 aliphatic heterocycles. The van der Waals surface area contributed by atoms with Crippen molar-refractivity contribution in [1.82, 2.24) is 10.1 Å². The normalized spacial score (nSPS) is 14.6. The fourth-order valence-electron chi connectivity index (χ4n) is 4.28. The van der Waals surface area contributed by atoms with Gasteiger partial charge >= 0.3 is 11.3 Å². The monoisotopic (exact) mass is 455 g/mol. The average Bonchev–Trinajstić information content (AvgIpc) is 2.85. The summed E-state index contributed by atoms with van der Waals surface area (Å²) in [6.45, 7) is 5.60. The highest BCUT2D eigenvalue weighted by Gasteiger charge is 2.45. The maximum Gasteiger partial charge on any atom is 0.325 e. The van der Waals surface area contributed by atoms with Crippen LogP contribution in [0.25, 0.3) is 22.0 Å². The zero-order valence-electron chi connectivity index (χ0n) is 18.2. The molecule has 6 nitrogen and oxygen atoms in total. The van der Waals surface area contributed by atoms with E-state index in [9.17, 15) is 9.59 Å². The standard InChI is InChI=1S/C26H22N4O2S/c1-3-15-33-26-27-24(32)23-20-11-7-8-12-21(20)29(22(31)4-2)25(30(23)28-26)19-14-13-17-9-5-6-10-18(17)16-19/h3,5-14,16,25H,1,4,15H2,2H3/p+1/t25-/m1/s1. The summed E-state index contributed by atoms with van der Waals surface area (Å²) in [4.78, 5) is 31.3. The van der Waals surface area contributed by atoms with Gasteiger partial charge in [-0.05, 0) is 39.7 Å². The van der Waals surface area contributed by atoms with Crippen LogP contribution in [0.1, 0.15) is 25.1 Å².